The van der Waals surface area contributed by atoms with Crippen molar-refractivity contribution < 1.29 is 4.21 Å². The summed E-state index contributed by atoms with van der Waals surface area (Å²) in [6, 6.07) is 8.07. The fourth-order valence-corrected chi connectivity index (χ4v) is 2.64. The smallest absolute Gasteiger partial charge is 0.144 e. The van der Waals surface area contributed by atoms with Crippen LogP contribution in [-0.2, 0) is 17.4 Å². The van der Waals surface area contributed by atoms with Gasteiger partial charge in [-0.2, -0.15) is 4.40 Å². The summed E-state index contributed by atoms with van der Waals surface area (Å²) in [5.41, 5.74) is 2.13. The van der Waals surface area contributed by atoms with E-state index < -0.39 is 11.0 Å². The first kappa shape index (κ1) is 17.3. The molecule has 1 aromatic rings. The second kappa shape index (κ2) is 7.89. The Morgan fingerprint density at radius 1 is 1.40 bits per heavy atom. The molecule has 1 rings (SSSR count). The topological polar surface area (TPSA) is 29.4 Å². The lowest BCUT2D eigenvalue weighted by atomic mass is 10.1. The third-order valence-corrected chi connectivity index (χ3v) is 4.97. The minimum atomic E-state index is -1.21. The highest BCUT2D eigenvalue weighted by Crippen LogP contribution is 2.19. The van der Waals surface area contributed by atoms with Gasteiger partial charge in [-0.25, -0.2) is 4.21 Å². The highest BCUT2D eigenvalue weighted by Gasteiger charge is 2.19. The van der Waals surface area contributed by atoms with Gasteiger partial charge in [-0.05, 0) is 45.2 Å². The van der Waals surface area contributed by atoms with E-state index in [1.807, 2.05) is 45.0 Å². The van der Waals surface area contributed by atoms with E-state index in [1.54, 1.807) is 0 Å². The summed E-state index contributed by atoms with van der Waals surface area (Å²) >= 11 is 3.55. The van der Waals surface area contributed by atoms with E-state index in [1.165, 1.54) is 5.56 Å². The lowest BCUT2D eigenvalue weighted by molar-refractivity contribution is 0.650. The van der Waals surface area contributed by atoms with Gasteiger partial charge in [-0.3, -0.25) is 0 Å². The SMILES string of the molecule is C=CCC/C(Cc1ccccc1Br)=N\[S@](=O)C(C)(C)C. The van der Waals surface area contributed by atoms with Gasteiger partial charge in [-0.15, -0.1) is 6.58 Å². The van der Waals surface area contributed by atoms with Crippen molar-refractivity contribution in [3.8, 4) is 0 Å². The molecule has 0 spiro atoms. The summed E-state index contributed by atoms with van der Waals surface area (Å²) in [6.45, 7) is 9.57. The predicted octanol–water partition coefficient (Wildman–Crippen LogP) is 4.86. The highest BCUT2D eigenvalue weighted by molar-refractivity contribution is 9.10. The molecule has 0 radical (unpaired) electrons. The Hall–Kier alpha value is -0.740. The van der Waals surface area contributed by atoms with Gasteiger partial charge in [0.25, 0.3) is 0 Å². The van der Waals surface area contributed by atoms with Gasteiger partial charge in [0.15, 0.2) is 0 Å². The lowest BCUT2D eigenvalue weighted by Crippen LogP contribution is -2.21. The zero-order valence-corrected chi connectivity index (χ0v) is 14.8. The molecule has 0 aromatic heterocycles. The van der Waals surface area contributed by atoms with Crippen molar-refractivity contribution in [3.05, 3.63) is 47.0 Å². The van der Waals surface area contributed by atoms with Crippen molar-refractivity contribution >= 4 is 32.6 Å². The van der Waals surface area contributed by atoms with Gasteiger partial charge in [0.05, 0.1) is 4.75 Å². The number of hydrogen-bond acceptors (Lipinski definition) is 1. The summed E-state index contributed by atoms with van der Waals surface area (Å²) in [4.78, 5) is 0. The average molecular weight is 356 g/mol. The molecule has 4 heteroatoms. The van der Waals surface area contributed by atoms with Crippen LogP contribution in [0.1, 0.15) is 39.2 Å². The van der Waals surface area contributed by atoms with Gasteiger partial charge < -0.3 is 0 Å². The zero-order chi connectivity index (χ0) is 15.2. The van der Waals surface area contributed by atoms with Crippen LogP contribution in [0.4, 0.5) is 0 Å². The minimum Gasteiger partial charge on any atom is -0.234 e. The maximum atomic E-state index is 12.2. The minimum absolute atomic E-state index is 0.326. The molecule has 1 atom stereocenters. The van der Waals surface area contributed by atoms with Crippen LogP contribution in [0.15, 0.2) is 45.8 Å². The second-order valence-electron chi connectivity index (χ2n) is 5.61. The lowest BCUT2D eigenvalue weighted by Gasteiger charge is -2.15. The van der Waals surface area contributed by atoms with Crippen molar-refractivity contribution in [2.75, 3.05) is 0 Å². The van der Waals surface area contributed by atoms with Gasteiger partial charge in [0.2, 0.25) is 0 Å². The van der Waals surface area contributed by atoms with Crippen LogP contribution in [0.3, 0.4) is 0 Å². The first-order valence-corrected chi connectivity index (χ1v) is 8.57. The Bertz CT molecular complexity index is 517. The van der Waals surface area contributed by atoms with Crippen LogP contribution in [0, 0.1) is 0 Å². The molecule has 0 aliphatic heterocycles. The maximum absolute atomic E-state index is 12.2. The van der Waals surface area contributed by atoms with Crippen LogP contribution in [0.2, 0.25) is 0 Å². The summed E-state index contributed by atoms with van der Waals surface area (Å²) < 4.78 is 17.4. The Kier molecular flexibility index (Phi) is 6.83. The standard InChI is InChI=1S/C16H22BrNOS/c1-5-6-10-14(18-20(19)16(2,3)4)12-13-9-7-8-11-15(13)17/h5,7-9,11H,1,6,10,12H2,2-4H3/b18-14+/t20-/m1/s1. The van der Waals surface area contributed by atoms with Gasteiger partial charge >= 0.3 is 0 Å². The van der Waals surface area contributed by atoms with Gasteiger partial charge in [-0.1, -0.05) is 40.2 Å². The van der Waals surface area contributed by atoms with E-state index in [0.717, 1.165) is 29.4 Å². The molecule has 0 unspecified atom stereocenters. The maximum Gasteiger partial charge on any atom is 0.144 e. The van der Waals surface area contributed by atoms with E-state index in [0.29, 0.717) is 0 Å². The normalized spacial score (nSPS) is 14.1. The molecule has 0 N–H and O–H groups in total. The summed E-state index contributed by atoms with van der Waals surface area (Å²) in [5, 5.41) is 0. The fourth-order valence-electron chi connectivity index (χ4n) is 1.55. The van der Waals surface area contributed by atoms with E-state index >= 15 is 0 Å². The fraction of sp³-hybridized carbons (Fsp3) is 0.438. The Balaban J connectivity index is 2.95. The Morgan fingerprint density at radius 2 is 2.05 bits per heavy atom. The quantitative estimate of drug-likeness (QED) is 0.529. The van der Waals surface area contributed by atoms with E-state index in [-0.39, 0.29) is 4.75 Å². The molecular weight excluding hydrogens is 334 g/mol. The molecule has 0 fully saturated rings. The molecular formula is C16H22BrNOS. The number of rotatable bonds is 6. The monoisotopic (exact) mass is 355 g/mol. The van der Waals surface area contributed by atoms with Gasteiger partial charge in [0.1, 0.15) is 11.0 Å². The zero-order valence-electron chi connectivity index (χ0n) is 12.4. The Morgan fingerprint density at radius 3 is 2.60 bits per heavy atom. The first-order chi connectivity index (χ1) is 9.34. The second-order valence-corrected chi connectivity index (χ2v) is 8.37. The molecule has 0 aliphatic carbocycles. The van der Waals surface area contributed by atoms with Crippen molar-refractivity contribution in [3.63, 3.8) is 0 Å². The molecule has 0 saturated carbocycles. The Labute approximate surface area is 133 Å². The molecule has 0 aliphatic rings. The molecule has 0 amide bonds. The largest absolute Gasteiger partial charge is 0.234 e. The van der Waals surface area contributed by atoms with Crippen LogP contribution in [0.25, 0.3) is 0 Å². The third kappa shape index (κ3) is 5.71. The number of benzene rings is 1. The van der Waals surface area contributed by atoms with Crippen molar-refractivity contribution in [2.24, 2.45) is 4.40 Å². The molecule has 0 bridgehead atoms. The van der Waals surface area contributed by atoms with Crippen LogP contribution in [-0.4, -0.2) is 14.7 Å². The molecule has 2 nitrogen and oxygen atoms in total. The summed E-state index contributed by atoms with van der Waals surface area (Å²) in [7, 11) is -1.21. The van der Waals surface area contributed by atoms with E-state index in [4.69, 9.17) is 0 Å². The number of nitrogens with zero attached hydrogens (tertiary/aromatic N) is 1. The first-order valence-electron chi connectivity index (χ1n) is 6.67. The average Bonchev–Trinajstić information content (AvgIpc) is 2.37. The predicted molar refractivity (Wildman–Crippen MR) is 92.6 cm³/mol. The molecule has 1 aromatic carbocycles. The molecule has 20 heavy (non-hydrogen) atoms. The van der Waals surface area contributed by atoms with E-state index in [9.17, 15) is 4.21 Å². The summed E-state index contributed by atoms with van der Waals surface area (Å²) in [5.74, 6) is 0. The molecule has 0 heterocycles. The van der Waals surface area contributed by atoms with Crippen LogP contribution in [0.5, 0.6) is 0 Å². The molecule has 0 saturated heterocycles. The third-order valence-electron chi connectivity index (χ3n) is 2.73. The van der Waals surface area contributed by atoms with Crippen LogP contribution < -0.4 is 0 Å². The number of halogens is 1. The van der Waals surface area contributed by atoms with Crippen molar-refractivity contribution in [2.45, 2.75) is 44.8 Å². The highest BCUT2D eigenvalue weighted by atomic mass is 79.9. The van der Waals surface area contributed by atoms with E-state index in [2.05, 4.69) is 33.0 Å². The van der Waals surface area contributed by atoms with Crippen molar-refractivity contribution in [1.29, 1.82) is 0 Å². The van der Waals surface area contributed by atoms with Crippen molar-refractivity contribution in [1.82, 2.24) is 0 Å². The van der Waals surface area contributed by atoms with Crippen LogP contribution >= 0.6 is 15.9 Å². The van der Waals surface area contributed by atoms with Gasteiger partial charge in [0, 0.05) is 16.6 Å². The number of allylic oxidation sites excluding steroid dienone is 1. The number of hydrogen-bond donors (Lipinski definition) is 0. The summed E-state index contributed by atoms with van der Waals surface area (Å²) in [6.07, 6.45) is 4.24. The molecule has 110 valence electrons.